The molecule has 3 rings (SSSR count). The molecule has 5 nitrogen and oxygen atoms in total. The Morgan fingerprint density at radius 3 is 3.19 bits per heavy atom. The van der Waals surface area contributed by atoms with Crippen LogP contribution in [0.2, 0.25) is 0 Å². The lowest BCUT2D eigenvalue weighted by Gasteiger charge is -2.23. The normalized spacial score (nSPS) is 20.0. The highest BCUT2D eigenvalue weighted by atomic mass is 79.9. The molecule has 2 aromatic rings. The van der Waals surface area contributed by atoms with E-state index in [-0.39, 0.29) is 0 Å². The summed E-state index contributed by atoms with van der Waals surface area (Å²) in [7, 11) is 0. The van der Waals surface area contributed by atoms with Crippen molar-refractivity contribution in [3.63, 3.8) is 0 Å². The van der Waals surface area contributed by atoms with Crippen molar-refractivity contribution in [2.75, 3.05) is 5.73 Å². The smallest absolute Gasteiger partial charge is 0.146 e. The molecule has 16 heavy (non-hydrogen) atoms. The maximum Gasteiger partial charge on any atom is 0.146 e. The highest BCUT2D eigenvalue weighted by Crippen LogP contribution is 2.34. The van der Waals surface area contributed by atoms with Gasteiger partial charge in [0, 0.05) is 24.8 Å². The molecule has 0 saturated heterocycles. The number of halogens is 1. The van der Waals surface area contributed by atoms with Gasteiger partial charge in [-0.05, 0) is 22.9 Å². The Bertz CT molecular complexity index is 562. The Balaban J connectivity index is 2.36. The summed E-state index contributed by atoms with van der Waals surface area (Å²) in [5.41, 5.74) is 8.00. The van der Waals surface area contributed by atoms with Crippen LogP contribution >= 0.6 is 15.9 Å². The van der Waals surface area contributed by atoms with Crippen LogP contribution in [0, 0.1) is 0 Å². The van der Waals surface area contributed by atoms with Crippen LogP contribution in [0.3, 0.4) is 0 Å². The molecule has 1 aliphatic rings. The molecular weight excluding hydrogens is 270 g/mol. The Morgan fingerprint density at radius 2 is 2.38 bits per heavy atom. The van der Waals surface area contributed by atoms with Crippen LogP contribution in [0.5, 0.6) is 0 Å². The third kappa shape index (κ3) is 1.26. The number of nitrogen functional groups attached to an aromatic ring is 1. The topological polar surface area (TPSA) is 68.8 Å². The van der Waals surface area contributed by atoms with Gasteiger partial charge in [0.05, 0.1) is 9.86 Å². The first kappa shape index (κ1) is 10.0. The van der Waals surface area contributed by atoms with E-state index in [1.54, 1.807) is 0 Å². The molecule has 0 aliphatic carbocycles. The maximum atomic E-state index is 5.89. The maximum absolute atomic E-state index is 5.89. The molecule has 1 unspecified atom stereocenters. The number of hydrogen-bond acceptors (Lipinski definition) is 4. The Kier molecular flexibility index (Phi) is 2.15. The number of nitrogens with one attached hydrogen (secondary N) is 1. The van der Waals surface area contributed by atoms with Gasteiger partial charge in [0.25, 0.3) is 0 Å². The average molecular weight is 282 g/mol. The van der Waals surface area contributed by atoms with E-state index >= 15 is 0 Å². The molecule has 1 aliphatic heterocycles. The molecule has 3 heterocycles. The summed E-state index contributed by atoms with van der Waals surface area (Å²) in [6.45, 7) is 3.90. The predicted octanol–water partition coefficient (Wildman–Crippen LogP) is 1.27. The Hall–Kier alpha value is -1.14. The molecule has 0 fully saturated rings. The van der Waals surface area contributed by atoms with Gasteiger partial charge in [0.15, 0.2) is 0 Å². The molecule has 0 bridgehead atoms. The lowest BCUT2D eigenvalue weighted by Crippen LogP contribution is -2.36. The van der Waals surface area contributed by atoms with Crippen molar-refractivity contribution in [3.05, 3.63) is 16.5 Å². The number of nitrogens with two attached hydrogens (primary N) is 1. The zero-order valence-electron chi connectivity index (χ0n) is 8.87. The minimum atomic E-state index is 0.450. The molecular formula is C10H12BrN5. The van der Waals surface area contributed by atoms with Crippen molar-refractivity contribution in [2.45, 2.75) is 26.1 Å². The molecule has 3 N–H and O–H groups in total. The monoisotopic (exact) mass is 281 g/mol. The van der Waals surface area contributed by atoms with Crippen molar-refractivity contribution in [1.29, 1.82) is 0 Å². The molecule has 1 atom stereocenters. The number of anilines is 1. The van der Waals surface area contributed by atoms with E-state index in [0.717, 1.165) is 28.6 Å². The van der Waals surface area contributed by atoms with Crippen LogP contribution in [0.25, 0.3) is 11.0 Å². The first-order valence-electron chi connectivity index (χ1n) is 5.19. The number of rotatable bonds is 0. The first-order chi connectivity index (χ1) is 7.68. The zero-order valence-corrected chi connectivity index (χ0v) is 10.5. The SMILES string of the molecule is CC1Cn2c(c(Br)c3c(N)ncnc32)CN1. The van der Waals surface area contributed by atoms with Gasteiger partial charge in [-0.25, -0.2) is 9.97 Å². The molecule has 2 aromatic heterocycles. The largest absolute Gasteiger partial charge is 0.383 e. The van der Waals surface area contributed by atoms with Gasteiger partial charge in [0.1, 0.15) is 17.8 Å². The summed E-state index contributed by atoms with van der Waals surface area (Å²) in [4.78, 5) is 8.36. The van der Waals surface area contributed by atoms with Crippen LogP contribution in [-0.4, -0.2) is 20.6 Å². The van der Waals surface area contributed by atoms with Crippen molar-refractivity contribution in [2.24, 2.45) is 0 Å². The fraction of sp³-hybridized carbons (Fsp3) is 0.400. The van der Waals surface area contributed by atoms with Gasteiger partial charge in [-0.3, -0.25) is 0 Å². The van der Waals surface area contributed by atoms with Crippen LogP contribution in [-0.2, 0) is 13.1 Å². The summed E-state index contributed by atoms with van der Waals surface area (Å²) >= 11 is 3.59. The van der Waals surface area contributed by atoms with Crippen molar-refractivity contribution in [1.82, 2.24) is 19.9 Å². The fourth-order valence-corrected chi connectivity index (χ4v) is 2.91. The second-order valence-corrected chi connectivity index (χ2v) is 4.90. The average Bonchev–Trinajstić information content (AvgIpc) is 2.54. The summed E-state index contributed by atoms with van der Waals surface area (Å²) < 4.78 is 3.22. The lowest BCUT2D eigenvalue weighted by atomic mass is 10.2. The van der Waals surface area contributed by atoms with Gasteiger partial charge in [-0.2, -0.15) is 0 Å². The van der Waals surface area contributed by atoms with E-state index in [4.69, 9.17) is 5.73 Å². The Labute approximate surface area is 101 Å². The number of hydrogen-bond donors (Lipinski definition) is 2. The number of fused-ring (bicyclic) bond motifs is 3. The minimum absolute atomic E-state index is 0.450. The van der Waals surface area contributed by atoms with E-state index in [1.807, 2.05) is 0 Å². The third-order valence-corrected chi connectivity index (χ3v) is 3.84. The molecule has 0 saturated carbocycles. The number of nitrogens with zero attached hydrogens (tertiary/aromatic N) is 3. The predicted molar refractivity (Wildman–Crippen MR) is 65.9 cm³/mol. The van der Waals surface area contributed by atoms with Crippen LogP contribution in [0.1, 0.15) is 12.6 Å². The summed E-state index contributed by atoms with van der Waals surface area (Å²) in [5.74, 6) is 0.534. The minimum Gasteiger partial charge on any atom is -0.383 e. The van der Waals surface area contributed by atoms with E-state index in [1.165, 1.54) is 12.0 Å². The van der Waals surface area contributed by atoms with Crippen molar-refractivity contribution < 1.29 is 0 Å². The first-order valence-corrected chi connectivity index (χ1v) is 5.98. The third-order valence-electron chi connectivity index (χ3n) is 2.99. The number of aromatic nitrogens is 3. The van der Waals surface area contributed by atoms with E-state index in [2.05, 4.69) is 42.7 Å². The summed E-state index contributed by atoms with van der Waals surface area (Å²) in [6, 6.07) is 0.450. The van der Waals surface area contributed by atoms with Crippen LogP contribution in [0.4, 0.5) is 5.82 Å². The van der Waals surface area contributed by atoms with Gasteiger partial charge < -0.3 is 15.6 Å². The molecule has 84 valence electrons. The summed E-state index contributed by atoms with van der Waals surface area (Å²) in [5, 5.41) is 4.34. The van der Waals surface area contributed by atoms with E-state index in [0.29, 0.717) is 11.9 Å². The van der Waals surface area contributed by atoms with Gasteiger partial charge in [-0.1, -0.05) is 0 Å². The van der Waals surface area contributed by atoms with Crippen molar-refractivity contribution in [3.8, 4) is 0 Å². The highest BCUT2D eigenvalue weighted by molar-refractivity contribution is 9.10. The van der Waals surface area contributed by atoms with Gasteiger partial charge in [0.2, 0.25) is 0 Å². The molecule has 0 spiro atoms. The highest BCUT2D eigenvalue weighted by Gasteiger charge is 2.23. The van der Waals surface area contributed by atoms with E-state index in [9.17, 15) is 0 Å². The second-order valence-electron chi connectivity index (χ2n) is 4.11. The van der Waals surface area contributed by atoms with Crippen molar-refractivity contribution >= 4 is 32.8 Å². The quantitative estimate of drug-likeness (QED) is 0.763. The van der Waals surface area contributed by atoms with Crippen LogP contribution in [0.15, 0.2) is 10.8 Å². The summed E-state index contributed by atoms with van der Waals surface area (Å²) in [6.07, 6.45) is 1.52. The van der Waals surface area contributed by atoms with Gasteiger partial charge >= 0.3 is 0 Å². The zero-order chi connectivity index (χ0) is 11.3. The second kappa shape index (κ2) is 3.43. The van der Waals surface area contributed by atoms with Crippen LogP contribution < -0.4 is 11.1 Å². The van der Waals surface area contributed by atoms with Gasteiger partial charge in [-0.15, -0.1) is 0 Å². The standard InChI is InChI=1S/C10H12BrN5/c1-5-3-16-6(2-13-5)8(11)7-9(12)14-4-15-10(7)16/h4-5,13H,2-3H2,1H3,(H2,12,14,15). The fourth-order valence-electron chi connectivity index (χ4n) is 2.17. The molecule has 0 radical (unpaired) electrons. The molecule has 0 amide bonds. The lowest BCUT2D eigenvalue weighted by molar-refractivity contribution is 0.421. The Morgan fingerprint density at radius 1 is 1.56 bits per heavy atom. The molecule has 6 heteroatoms. The van der Waals surface area contributed by atoms with E-state index < -0.39 is 0 Å². The molecule has 0 aromatic carbocycles.